The average molecular weight is 273 g/mol. The fourth-order valence-corrected chi connectivity index (χ4v) is 1.66. The smallest absolute Gasteiger partial charge is 0.178 e. The van der Waals surface area contributed by atoms with Gasteiger partial charge in [-0.2, -0.15) is 5.26 Å². The Hall–Kier alpha value is -2.28. The summed E-state index contributed by atoms with van der Waals surface area (Å²) >= 11 is 0. The molecule has 0 aliphatic heterocycles. The molecule has 1 aromatic rings. The highest BCUT2D eigenvalue weighted by atomic mass is 16.5. The van der Waals surface area contributed by atoms with Gasteiger partial charge in [-0.05, 0) is 23.8 Å². The van der Waals surface area contributed by atoms with Gasteiger partial charge in [0, 0.05) is 5.41 Å². The van der Waals surface area contributed by atoms with Crippen LogP contribution in [0.5, 0.6) is 11.5 Å². The third-order valence-electron chi connectivity index (χ3n) is 2.76. The summed E-state index contributed by atoms with van der Waals surface area (Å²) in [6, 6.07) is 7.20. The maximum absolute atomic E-state index is 12.1. The molecular weight excluding hydrogens is 254 g/mol. The van der Waals surface area contributed by atoms with Gasteiger partial charge in [-0.25, -0.2) is 0 Å². The molecule has 0 aromatic heterocycles. The van der Waals surface area contributed by atoms with Crippen LogP contribution >= 0.6 is 0 Å². The predicted molar refractivity (Wildman–Crippen MR) is 77.6 cm³/mol. The molecule has 20 heavy (non-hydrogen) atoms. The Bertz CT molecular complexity index is 574. The number of hydrogen-bond donors (Lipinski definition) is 0. The molecule has 0 saturated heterocycles. The lowest BCUT2D eigenvalue weighted by molar-refractivity contribution is -0.121. The lowest BCUT2D eigenvalue weighted by atomic mass is 9.86. The van der Waals surface area contributed by atoms with Crippen molar-refractivity contribution in [1.82, 2.24) is 0 Å². The first-order chi connectivity index (χ1) is 9.33. The summed E-state index contributed by atoms with van der Waals surface area (Å²) in [6.07, 6.45) is 1.57. The molecule has 4 heteroatoms. The molecule has 0 aliphatic carbocycles. The van der Waals surface area contributed by atoms with Gasteiger partial charge in [-0.3, -0.25) is 4.79 Å². The Morgan fingerprint density at radius 3 is 2.25 bits per heavy atom. The minimum atomic E-state index is -0.585. The monoisotopic (exact) mass is 273 g/mol. The second kappa shape index (κ2) is 6.25. The molecule has 0 aliphatic rings. The molecule has 1 aromatic carbocycles. The zero-order valence-electron chi connectivity index (χ0n) is 12.5. The molecule has 0 spiro atoms. The fraction of sp³-hybridized carbons (Fsp3) is 0.375. The second-order valence-corrected chi connectivity index (χ2v) is 5.36. The van der Waals surface area contributed by atoms with Crippen LogP contribution in [-0.4, -0.2) is 20.0 Å². The minimum Gasteiger partial charge on any atom is -0.493 e. The van der Waals surface area contributed by atoms with E-state index in [9.17, 15) is 4.79 Å². The third kappa shape index (κ3) is 3.61. The Balaban J connectivity index is 3.21. The van der Waals surface area contributed by atoms with Crippen LogP contribution in [0.4, 0.5) is 0 Å². The van der Waals surface area contributed by atoms with Gasteiger partial charge in [0.05, 0.1) is 19.8 Å². The molecule has 106 valence electrons. The first-order valence-electron chi connectivity index (χ1n) is 6.22. The lowest BCUT2D eigenvalue weighted by Gasteiger charge is -2.15. The van der Waals surface area contributed by atoms with Gasteiger partial charge in [0.2, 0.25) is 0 Å². The van der Waals surface area contributed by atoms with Crippen LogP contribution in [0.15, 0.2) is 23.8 Å². The van der Waals surface area contributed by atoms with Gasteiger partial charge < -0.3 is 9.47 Å². The quantitative estimate of drug-likeness (QED) is 0.624. The first-order valence-corrected chi connectivity index (χ1v) is 6.22. The molecule has 0 saturated carbocycles. The van der Waals surface area contributed by atoms with E-state index >= 15 is 0 Å². The Morgan fingerprint density at radius 1 is 1.20 bits per heavy atom. The highest BCUT2D eigenvalue weighted by Crippen LogP contribution is 2.29. The molecule has 4 nitrogen and oxygen atoms in total. The highest BCUT2D eigenvalue weighted by molar-refractivity contribution is 6.06. The van der Waals surface area contributed by atoms with E-state index in [-0.39, 0.29) is 11.4 Å². The average Bonchev–Trinajstić information content (AvgIpc) is 2.42. The normalized spacial score (nSPS) is 11.7. The molecule has 0 amide bonds. The molecule has 1 rings (SSSR count). The van der Waals surface area contributed by atoms with Crippen molar-refractivity contribution in [2.45, 2.75) is 20.8 Å². The van der Waals surface area contributed by atoms with Crippen LogP contribution in [0.1, 0.15) is 26.3 Å². The van der Waals surface area contributed by atoms with Gasteiger partial charge in [0.15, 0.2) is 17.3 Å². The van der Waals surface area contributed by atoms with E-state index in [0.717, 1.165) is 5.56 Å². The summed E-state index contributed by atoms with van der Waals surface area (Å²) in [5.74, 6) is 0.974. The number of methoxy groups -OCH3 is 2. The zero-order chi connectivity index (χ0) is 15.3. The van der Waals surface area contributed by atoms with Crippen LogP contribution in [0.25, 0.3) is 6.08 Å². The lowest BCUT2D eigenvalue weighted by Crippen LogP contribution is -2.21. The standard InChI is InChI=1S/C16H19NO3/c1-16(2,3)15(18)12(10-17)8-11-6-7-13(19-4)14(9-11)20-5/h6-9H,1-5H3/b12-8+. The summed E-state index contributed by atoms with van der Waals surface area (Å²) in [5, 5.41) is 9.15. The number of Topliss-reactive ketones (excluding diaryl/α,β-unsaturated/α-hetero) is 1. The van der Waals surface area contributed by atoms with Crippen molar-refractivity contribution in [3.05, 3.63) is 29.3 Å². The fourth-order valence-electron chi connectivity index (χ4n) is 1.66. The van der Waals surface area contributed by atoms with E-state index in [0.29, 0.717) is 11.5 Å². The number of carbonyl (C=O) groups excluding carboxylic acids is 1. The summed E-state index contributed by atoms with van der Waals surface area (Å²) in [4.78, 5) is 12.1. The van der Waals surface area contributed by atoms with E-state index in [4.69, 9.17) is 14.7 Å². The zero-order valence-corrected chi connectivity index (χ0v) is 12.5. The van der Waals surface area contributed by atoms with Gasteiger partial charge in [-0.15, -0.1) is 0 Å². The van der Waals surface area contributed by atoms with Gasteiger partial charge >= 0.3 is 0 Å². The molecule has 0 unspecified atom stereocenters. The topological polar surface area (TPSA) is 59.3 Å². The molecule has 0 bridgehead atoms. The van der Waals surface area contributed by atoms with E-state index in [2.05, 4.69) is 0 Å². The summed E-state index contributed by atoms with van der Waals surface area (Å²) in [5.41, 5.74) is 0.263. The molecule has 0 fully saturated rings. The number of hydrogen-bond acceptors (Lipinski definition) is 4. The summed E-state index contributed by atoms with van der Waals surface area (Å²) in [6.45, 7) is 5.36. The van der Waals surface area contributed by atoms with Crippen LogP contribution in [0, 0.1) is 16.7 Å². The minimum absolute atomic E-state index is 0.129. The SMILES string of the molecule is COc1ccc(/C=C(\C#N)C(=O)C(C)(C)C)cc1OC. The number of benzene rings is 1. The van der Waals surface area contributed by atoms with Gasteiger partial charge in [0.1, 0.15) is 6.07 Å². The van der Waals surface area contributed by atoms with E-state index in [1.807, 2.05) is 6.07 Å². The maximum Gasteiger partial charge on any atom is 0.178 e. The van der Waals surface area contributed by atoms with Crippen LogP contribution < -0.4 is 9.47 Å². The van der Waals surface area contributed by atoms with Gasteiger partial charge in [0.25, 0.3) is 0 Å². The van der Waals surface area contributed by atoms with E-state index in [1.54, 1.807) is 52.2 Å². The van der Waals surface area contributed by atoms with Crippen molar-refractivity contribution in [2.75, 3.05) is 14.2 Å². The van der Waals surface area contributed by atoms with Crippen molar-refractivity contribution in [3.63, 3.8) is 0 Å². The van der Waals surface area contributed by atoms with Crippen molar-refractivity contribution in [1.29, 1.82) is 5.26 Å². The van der Waals surface area contributed by atoms with Crippen LogP contribution in [-0.2, 0) is 4.79 Å². The molecule has 0 heterocycles. The number of allylic oxidation sites excluding steroid dienone is 1. The molecule has 0 atom stereocenters. The Kier molecular flexibility index (Phi) is 4.93. The molecular formula is C16H19NO3. The van der Waals surface area contributed by atoms with E-state index in [1.165, 1.54) is 7.11 Å². The molecule has 0 radical (unpaired) electrons. The van der Waals surface area contributed by atoms with Gasteiger partial charge in [-0.1, -0.05) is 26.8 Å². The maximum atomic E-state index is 12.1. The number of ketones is 1. The number of rotatable bonds is 4. The van der Waals surface area contributed by atoms with Crippen LogP contribution in [0.2, 0.25) is 0 Å². The van der Waals surface area contributed by atoms with Crippen molar-refractivity contribution in [2.24, 2.45) is 5.41 Å². The number of carbonyl (C=O) groups is 1. The number of ether oxygens (including phenoxy) is 2. The van der Waals surface area contributed by atoms with E-state index < -0.39 is 5.41 Å². The summed E-state index contributed by atoms with van der Waals surface area (Å²) in [7, 11) is 3.09. The highest BCUT2D eigenvalue weighted by Gasteiger charge is 2.25. The largest absolute Gasteiger partial charge is 0.493 e. The van der Waals surface area contributed by atoms with Crippen LogP contribution in [0.3, 0.4) is 0 Å². The first kappa shape index (κ1) is 15.8. The predicted octanol–water partition coefficient (Wildman–Crippen LogP) is 3.23. The second-order valence-electron chi connectivity index (χ2n) is 5.36. The number of nitrogens with zero attached hydrogens (tertiary/aromatic N) is 1. The van der Waals surface area contributed by atoms with Crippen molar-refractivity contribution in [3.8, 4) is 17.6 Å². The summed E-state index contributed by atoms with van der Waals surface area (Å²) < 4.78 is 10.3. The van der Waals surface area contributed by atoms with Crippen molar-refractivity contribution < 1.29 is 14.3 Å². The Morgan fingerprint density at radius 2 is 1.80 bits per heavy atom. The van der Waals surface area contributed by atoms with Crippen molar-refractivity contribution >= 4 is 11.9 Å². The third-order valence-corrected chi connectivity index (χ3v) is 2.76. The Labute approximate surface area is 119 Å². The molecule has 0 N–H and O–H groups in total. The number of nitriles is 1.